The number of rotatable bonds is 5. The molecule has 0 saturated heterocycles. The van der Waals surface area contributed by atoms with Gasteiger partial charge in [0.1, 0.15) is 0 Å². The summed E-state index contributed by atoms with van der Waals surface area (Å²) >= 11 is 0. The second-order valence-electron chi connectivity index (χ2n) is 5.52. The summed E-state index contributed by atoms with van der Waals surface area (Å²) in [6, 6.07) is 2.22. The Morgan fingerprint density at radius 2 is 1.81 bits per heavy atom. The van der Waals surface area contributed by atoms with Gasteiger partial charge in [0.15, 0.2) is 5.54 Å². The topological polar surface area (TPSA) is 57.7 Å². The summed E-state index contributed by atoms with van der Waals surface area (Å²) in [5.41, 5.74) is -0.978. The summed E-state index contributed by atoms with van der Waals surface area (Å²) in [4.78, 5) is 0. The molecule has 0 radical (unpaired) electrons. The second kappa shape index (κ2) is 5.95. The maximum absolute atomic E-state index is 9.15. The van der Waals surface area contributed by atoms with Crippen LogP contribution >= 0.6 is 0 Å². The first-order valence-corrected chi connectivity index (χ1v) is 5.57. The van der Waals surface area contributed by atoms with Crippen molar-refractivity contribution in [1.82, 2.24) is 0 Å². The van der Waals surface area contributed by atoms with E-state index >= 15 is 0 Å². The third-order valence-electron chi connectivity index (χ3n) is 2.01. The van der Waals surface area contributed by atoms with Crippen molar-refractivity contribution in [2.45, 2.75) is 52.1 Å². The molecule has 4 heteroatoms. The molecule has 92 valence electrons. The number of hydrogen-bond donors (Lipinski definition) is 0. The highest BCUT2D eigenvalue weighted by Crippen LogP contribution is 2.23. The first-order chi connectivity index (χ1) is 7.22. The summed E-state index contributed by atoms with van der Waals surface area (Å²) in [7, 11) is 1.66. The van der Waals surface area contributed by atoms with E-state index in [0.29, 0.717) is 18.9 Å². The molecular weight excluding hydrogens is 202 g/mol. The quantitative estimate of drug-likeness (QED) is 0.675. The molecule has 0 fully saturated rings. The van der Waals surface area contributed by atoms with E-state index < -0.39 is 5.54 Å². The zero-order valence-corrected chi connectivity index (χ0v) is 11.2. The van der Waals surface area contributed by atoms with E-state index in [9.17, 15) is 0 Å². The fourth-order valence-corrected chi connectivity index (χ4v) is 1.39. The van der Waals surface area contributed by atoms with Crippen LogP contribution in [0.3, 0.4) is 0 Å². The molecule has 0 aromatic carbocycles. The van der Waals surface area contributed by atoms with Gasteiger partial charge in [-0.25, -0.2) is 0 Å². The van der Waals surface area contributed by atoms with Gasteiger partial charge >= 0.3 is 0 Å². The third kappa shape index (κ3) is 6.52. The van der Waals surface area contributed by atoms with Gasteiger partial charge in [-0.1, -0.05) is 6.92 Å². The van der Waals surface area contributed by atoms with Gasteiger partial charge in [0.05, 0.1) is 11.6 Å². The fourth-order valence-electron chi connectivity index (χ4n) is 1.39. The Bertz CT molecular complexity index is 275. The van der Waals surface area contributed by atoms with Crippen LogP contribution in [0, 0.1) is 17.2 Å². The number of hydrogen-bond acceptors (Lipinski definition) is 4. The van der Waals surface area contributed by atoms with Crippen molar-refractivity contribution >= 4 is 0 Å². The first-order valence-electron chi connectivity index (χ1n) is 5.57. The SMILES string of the molecule is COCC(C)CC(C)(C#N)/N=N/C(C)(C)C. The molecular formula is C12H23N3O. The highest BCUT2D eigenvalue weighted by molar-refractivity contribution is 5.04. The van der Waals surface area contributed by atoms with E-state index in [1.165, 1.54) is 0 Å². The van der Waals surface area contributed by atoms with Crippen molar-refractivity contribution in [2.75, 3.05) is 13.7 Å². The smallest absolute Gasteiger partial charge is 0.165 e. The van der Waals surface area contributed by atoms with Crippen LogP contribution in [0.4, 0.5) is 0 Å². The zero-order chi connectivity index (χ0) is 12.8. The molecule has 0 aromatic heterocycles. The molecule has 0 saturated carbocycles. The highest BCUT2D eigenvalue weighted by Gasteiger charge is 2.27. The summed E-state index contributed by atoms with van der Waals surface area (Å²) in [5, 5.41) is 17.5. The maximum Gasteiger partial charge on any atom is 0.165 e. The lowest BCUT2D eigenvalue weighted by Crippen LogP contribution is -2.25. The van der Waals surface area contributed by atoms with Gasteiger partial charge in [0, 0.05) is 13.7 Å². The predicted octanol–water partition coefficient (Wildman–Crippen LogP) is 3.19. The van der Waals surface area contributed by atoms with E-state index in [-0.39, 0.29) is 5.54 Å². The molecule has 0 bridgehead atoms. The van der Waals surface area contributed by atoms with Gasteiger partial charge in [-0.2, -0.15) is 15.5 Å². The van der Waals surface area contributed by atoms with Crippen molar-refractivity contribution in [2.24, 2.45) is 16.1 Å². The van der Waals surface area contributed by atoms with Crippen LogP contribution in [0.15, 0.2) is 10.2 Å². The average molecular weight is 225 g/mol. The summed E-state index contributed by atoms with van der Waals surface area (Å²) < 4.78 is 5.06. The number of azo groups is 1. The average Bonchev–Trinajstić information content (AvgIpc) is 2.14. The minimum absolute atomic E-state index is 0.234. The standard InChI is InChI=1S/C12H23N3O/c1-10(8-16-6)7-12(5,9-13)15-14-11(2,3)4/h10H,7-8H2,1-6H3/b15-14+. The fraction of sp³-hybridized carbons (Fsp3) is 0.917. The van der Waals surface area contributed by atoms with Crippen LogP contribution in [-0.4, -0.2) is 24.8 Å². The van der Waals surface area contributed by atoms with E-state index in [2.05, 4.69) is 16.3 Å². The summed E-state index contributed by atoms with van der Waals surface area (Å²) in [5.74, 6) is 0.300. The largest absolute Gasteiger partial charge is 0.384 e. The molecule has 0 aliphatic rings. The predicted molar refractivity (Wildman–Crippen MR) is 64.3 cm³/mol. The van der Waals surface area contributed by atoms with E-state index in [4.69, 9.17) is 10.00 Å². The van der Waals surface area contributed by atoms with Crippen LogP contribution < -0.4 is 0 Å². The number of nitriles is 1. The third-order valence-corrected chi connectivity index (χ3v) is 2.01. The zero-order valence-electron chi connectivity index (χ0n) is 11.2. The maximum atomic E-state index is 9.15. The van der Waals surface area contributed by atoms with Crippen LogP contribution in [0.25, 0.3) is 0 Å². The lowest BCUT2D eigenvalue weighted by atomic mass is 9.92. The van der Waals surface area contributed by atoms with Crippen LogP contribution in [0.5, 0.6) is 0 Å². The van der Waals surface area contributed by atoms with Gasteiger partial charge < -0.3 is 4.74 Å². The summed E-state index contributed by atoms with van der Waals surface area (Å²) in [6.07, 6.45) is 0.664. The van der Waals surface area contributed by atoms with E-state index in [1.807, 2.05) is 34.6 Å². The number of nitrogens with zero attached hydrogens (tertiary/aromatic N) is 3. The Labute approximate surface area is 98.7 Å². The van der Waals surface area contributed by atoms with Crippen LogP contribution in [-0.2, 0) is 4.74 Å². The molecule has 0 amide bonds. The minimum Gasteiger partial charge on any atom is -0.384 e. The molecule has 0 heterocycles. The minimum atomic E-state index is -0.745. The number of ether oxygens (including phenoxy) is 1. The monoisotopic (exact) mass is 225 g/mol. The van der Waals surface area contributed by atoms with Gasteiger partial charge in [-0.3, -0.25) is 0 Å². The van der Waals surface area contributed by atoms with Crippen molar-refractivity contribution in [3.63, 3.8) is 0 Å². The lowest BCUT2D eigenvalue weighted by Gasteiger charge is -2.21. The Balaban J connectivity index is 4.56. The van der Waals surface area contributed by atoms with Gasteiger partial charge in [0.25, 0.3) is 0 Å². The Morgan fingerprint density at radius 3 is 2.19 bits per heavy atom. The van der Waals surface area contributed by atoms with Crippen molar-refractivity contribution in [1.29, 1.82) is 5.26 Å². The van der Waals surface area contributed by atoms with E-state index in [1.54, 1.807) is 7.11 Å². The van der Waals surface area contributed by atoms with Crippen molar-refractivity contribution in [3.8, 4) is 6.07 Å². The highest BCUT2D eigenvalue weighted by atomic mass is 16.5. The Kier molecular flexibility index (Phi) is 5.60. The Hall–Kier alpha value is -0.950. The molecule has 4 nitrogen and oxygen atoms in total. The van der Waals surface area contributed by atoms with Gasteiger partial charge in [-0.15, -0.1) is 0 Å². The van der Waals surface area contributed by atoms with Crippen LogP contribution in [0.1, 0.15) is 41.0 Å². The van der Waals surface area contributed by atoms with E-state index in [0.717, 1.165) is 0 Å². The normalized spacial score (nSPS) is 18.1. The van der Waals surface area contributed by atoms with Crippen LogP contribution in [0.2, 0.25) is 0 Å². The lowest BCUT2D eigenvalue weighted by molar-refractivity contribution is 0.147. The molecule has 0 rings (SSSR count). The van der Waals surface area contributed by atoms with Crippen molar-refractivity contribution in [3.05, 3.63) is 0 Å². The molecule has 2 unspecified atom stereocenters. The summed E-state index contributed by atoms with van der Waals surface area (Å²) in [6.45, 7) is 10.4. The molecule has 0 aromatic rings. The number of methoxy groups -OCH3 is 1. The molecule has 0 aliphatic heterocycles. The van der Waals surface area contributed by atoms with Gasteiger partial charge in [0.2, 0.25) is 0 Å². The van der Waals surface area contributed by atoms with Gasteiger partial charge in [-0.05, 0) is 40.0 Å². The molecule has 2 atom stereocenters. The molecule has 16 heavy (non-hydrogen) atoms. The van der Waals surface area contributed by atoms with Crippen molar-refractivity contribution < 1.29 is 4.74 Å². The Morgan fingerprint density at radius 1 is 1.25 bits per heavy atom. The molecule has 0 aliphatic carbocycles. The second-order valence-corrected chi connectivity index (χ2v) is 5.52. The molecule has 0 spiro atoms. The molecule has 0 N–H and O–H groups in total. The first kappa shape index (κ1) is 15.0.